The third-order valence-electron chi connectivity index (χ3n) is 2.31. The van der Waals surface area contributed by atoms with Crippen molar-refractivity contribution in [2.24, 2.45) is 0 Å². The molecule has 2 heterocycles. The van der Waals surface area contributed by atoms with Gasteiger partial charge in [-0.05, 0) is 25.0 Å². The molecule has 0 bridgehead atoms. The van der Waals surface area contributed by atoms with Gasteiger partial charge in [0, 0.05) is 11.4 Å². The molecule has 0 fully saturated rings. The molecule has 0 aliphatic carbocycles. The molecule has 0 N–H and O–H groups in total. The van der Waals surface area contributed by atoms with Crippen LogP contribution in [0.2, 0.25) is 0 Å². The Labute approximate surface area is 93.8 Å². The van der Waals surface area contributed by atoms with Gasteiger partial charge in [0.2, 0.25) is 0 Å². The van der Waals surface area contributed by atoms with E-state index in [1.165, 1.54) is 9.75 Å². The van der Waals surface area contributed by atoms with Gasteiger partial charge < -0.3 is 4.57 Å². The molecule has 3 nitrogen and oxygen atoms in total. The zero-order valence-electron chi connectivity index (χ0n) is 9.10. The van der Waals surface area contributed by atoms with E-state index in [1.807, 2.05) is 17.7 Å². The predicted molar refractivity (Wildman–Crippen MR) is 63.0 cm³/mol. The zero-order chi connectivity index (χ0) is 10.7. The van der Waals surface area contributed by atoms with E-state index in [2.05, 4.69) is 40.7 Å². The van der Waals surface area contributed by atoms with Crippen molar-refractivity contribution in [3.63, 3.8) is 0 Å². The van der Waals surface area contributed by atoms with Gasteiger partial charge in [0.25, 0.3) is 0 Å². The van der Waals surface area contributed by atoms with Gasteiger partial charge in [-0.2, -0.15) is 0 Å². The summed E-state index contributed by atoms with van der Waals surface area (Å²) in [6.45, 7) is 5.32. The maximum Gasteiger partial charge on any atom is 0.173 e. The molecule has 0 aromatic carbocycles. The van der Waals surface area contributed by atoms with Gasteiger partial charge in [-0.25, -0.2) is 0 Å². The number of thiophene rings is 1. The normalized spacial score (nSPS) is 10.8. The van der Waals surface area contributed by atoms with E-state index in [9.17, 15) is 0 Å². The molecule has 2 rings (SSSR count). The maximum absolute atomic E-state index is 4.18. The Morgan fingerprint density at radius 3 is 2.87 bits per heavy atom. The topological polar surface area (TPSA) is 30.7 Å². The molecule has 4 heteroatoms. The van der Waals surface area contributed by atoms with Crippen molar-refractivity contribution in [1.82, 2.24) is 14.8 Å². The van der Waals surface area contributed by atoms with E-state index < -0.39 is 0 Å². The van der Waals surface area contributed by atoms with E-state index in [4.69, 9.17) is 0 Å². The fourth-order valence-electron chi connectivity index (χ4n) is 1.54. The first kappa shape index (κ1) is 10.4. The van der Waals surface area contributed by atoms with Gasteiger partial charge in [-0.1, -0.05) is 13.8 Å². The minimum atomic E-state index is 0.988. The van der Waals surface area contributed by atoms with Crippen molar-refractivity contribution in [3.05, 3.63) is 23.3 Å². The lowest BCUT2D eigenvalue weighted by Gasteiger charge is -2.01. The summed E-state index contributed by atoms with van der Waals surface area (Å²) in [6, 6.07) is 4.31. The minimum absolute atomic E-state index is 0.988. The quantitative estimate of drug-likeness (QED) is 0.794. The number of nitrogens with zero attached hydrogens (tertiary/aromatic N) is 3. The second-order valence-corrected chi connectivity index (χ2v) is 4.64. The standard InChI is InChI=1S/C11H15N3S/c1-3-7-14-8-12-13-11(14)10-6-5-9(4-2)15-10/h5-6,8H,3-4,7H2,1-2H3. The Morgan fingerprint density at radius 2 is 2.20 bits per heavy atom. The highest BCUT2D eigenvalue weighted by atomic mass is 32.1. The number of aromatic nitrogens is 3. The summed E-state index contributed by atoms with van der Waals surface area (Å²) in [4.78, 5) is 2.62. The Bertz CT molecular complexity index is 430. The number of hydrogen-bond donors (Lipinski definition) is 0. The highest BCUT2D eigenvalue weighted by Gasteiger charge is 2.08. The molecule has 15 heavy (non-hydrogen) atoms. The average molecular weight is 221 g/mol. The summed E-state index contributed by atoms with van der Waals surface area (Å²) < 4.78 is 2.12. The van der Waals surface area contributed by atoms with Gasteiger partial charge in [0.15, 0.2) is 5.82 Å². The van der Waals surface area contributed by atoms with Gasteiger partial charge in [-0.15, -0.1) is 21.5 Å². The number of aryl methyl sites for hydroxylation is 2. The van der Waals surface area contributed by atoms with Crippen LogP contribution in [-0.2, 0) is 13.0 Å². The molecular formula is C11H15N3S. The van der Waals surface area contributed by atoms with E-state index in [-0.39, 0.29) is 0 Å². The molecule has 0 saturated heterocycles. The van der Waals surface area contributed by atoms with Crippen LogP contribution < -0.4 is 0 Å². The van der Waals surface area contributed by atoms with Crippen molar-refractivity contribution in [3.8, 4) is 10.7 Å². The number of hydrogen-bond acceptors (Lipinski definition) is 3. The third-order valence-corrected chi connectivity index (χ3v) is 3.54. The SMILES string of the molecule is CCCn1cnnc1-c1ccc(CC)s1. The lowest BCUT2D eigenvalue weighted by molar-refractivity contribution is 0.683. The van der Waals surface area contributed by atoms with Crippen LogP contribution >= 0.6 is 11.3 Å². The summed E-state index contributed by atoms with van der Waals surface area (Å²) in [5.74, 6) is 1.00. The van der Waals surface area contributed by atoms with E-state index >= 15 is 0 Å². The first-order valence-corrected chi connectivity index (χ1v) is 6.13. The van der Waals surface area contributed by atoms with Crippen molar-refractivity contribution in [2.75, 3.05) is 0 Å². The molecule has 0 radical (unpaired) electrons. The van der Waals surface area contributed by atoms with Crippen molar-refractivity contribution in [1.29, 1.82) is 0 Å². The molecule has 0 aliphatic heterocycles. The summed E-state index contributed by atoms with van der Waals surface area (Å²) in [5, 5.41) is 8.15. The Morgan fingerprint density at radius 1 is 1.33 bits per heavy atom. The Hall–Kier alpha value is -1.16. The third kappa shape index (κ3) is 2.09. The highest BCUT2D eigenvalue weighted by Crippen LogP contribution is 2.26. The van der Waals surface area contributed by atoms with Crippen molar-refractivity contribution >= 4 is 11.3 Å². The van der Waals surface area contributed by atoms with Crippen LogP contribution in [0.15, 0.2) is 18.5 Å². The van der Waals surface area contributed by atoms with Crippen LogP contribution in [0.5, 0.6) is 0 Å². The van der Waals surface area contributed by atoms with Gasteiger partial charge >= 0.3 is 0 Å². The first-order valence-electron chi connectivity index (χ1n) is 5.32. The summed E-state index contributed by atoms with van der Waals surface area (Å²) in [5.41, 5.74) is 0. The fraction of sp³-hybridized carbons (Fsp3) is 0.455. The monoisotopic (exact) mass is 221 g/mol. The minimum Gasteiger partial charge on any atom is -0.313 e. The van der Waals surface area contributed by atoms with Gasteiger partial charge in [0.1, 0.15) is 6.33 Å². The van der Waals surface area contributed by atoms with Crippen LogP contribution in [0.4, 0.5) is 0 Å². The van der Waals surface area contributed by atoms with Crippen molar-refractivity contribution < 1.29 is 0 Å². The maximum atomic E-state index is 4.18. The molecule has 0 aliphatic rings. The van der Waals surface area contributed by atoms with E-state index in [0.717, 1.165) is 25.2 Å². The molecule has 0 unspecified atom stereocenters. The Kier molecular flexibility index (Phi) is 3.16. The van der Waals surface area contributed by atoms with Crippen LogP contribution in [0, 0.1) is 0 Å². The predicted octanol–water partition coefficient (Wildman–Crippen LogP) is 2.98. The molecule has 0 saturated carbocycles. The van der Waals surface area contributed by atoms with Crippen LogP contribution in [0.25, 0.3) is 10.7 Å². The molecule has 80 valence electrons. The average Bonchev–Trinajstić information content (AvgIpc) is 2.85. The van der Waals surface area contributed by atoms with Crippen LogP contribution in [-0.4, -0.2) is 14.8 Å². The molecule has 0 amide bonds. The lowest BCUT2D eigenvalue weighted by atomic mass is 10.3. The molecule has 2 aromatic heterocycles. The molecular weight excluding hydrogens is 206 g/mol. The summed E-state index contributed by atoms with van der Waals surface area (Å²) in [7, 11) is 0. The summed E-state index contributed by atoms with van der Waals surface area (Å²) >= 11 is 1.81. The van der Waals surface area contributed by atoms with Gasteiger partial charge in [-0.3, -0.25) is 0 Å². The highest BCUT2D eigenvalue weighted by molar-refractivity contribution is 7.15. The molecule has 2 aromatic rings. The molecule has 0 atom stereocenters. The van der Waals surface area contributed by atoms with Crippen molar-refractivity contribution in [2.45, 2.75) is 33.2 Å². The lowest BCUT2D eigenvalue weighted by Crippen LogP contribution is -1.96. The number of rotatable bonds is 4. The van der Waals surface area contributed by atoms with Crippen LogP contribution in [0.1, 0.15) is 25.1 Å². The second kappa shape index (κ2) is 4.57. The Balaban J connectivity index is 2.31. The summed E-state index contributed by atoms with van der Waals surface area (Å²) in [6.07, 6.45) is 4.01. The zero-order valence-corrected chi connectivity index (χ0v) is 9.92. The smallest absolute Gasteiger partial charge is 0.173 e. The second-order valence-electron chi connectivity index (χ2n) is 3.47. The van der Waals surface area contributed by atoms with E-state index in [0.29, 0.717) is 0 Å². The van der Waals surface area contributed by atoms with E-state index in [1.54, 1.807) is 0 Å². The fourth-order valence-corrected chi connectivity index (χ4v) is 2.49. The van der Waals surface area contributed by atoms with Crippen LogP contribution in [0.3, 0.4) is 0 Å². The first-order chi connectivity index (χ1) is 7.35. The molecule has 0 spiro atoms. The largest absolute Gasteiger partial charge is 0.313 e. The van der Waals surface area contributed by atoms with Gasteiger partial charge in [0.05, 0.1) is 4.88 Å².